The molecule has 4 heterocycles. The van der Waals surface area contributed by atoms with Crippen molar-refractivity contribution in [3.8, 4) is 0 Å². The number of carbonyl (C=O) groups is 3. The molecule has 31 heavy (non-hydrogen) atoms. The Morgan fingerprint density at radius 3 is 2.81 bits per heavy atom. The number of hydrogen-bond acceptors (Lipinski definition) is 7. The van der Waals surface area contributed by atoms with Crippen LogP contribution in [0.5, 0.6) is 0 Å². The highest BCUT2D eigenvalue weighted by Gasteiger charge is 2.37. The number of benzene rings is 1. The van der Waals surface area contributed by atoms with Crippen LogP contribution in [0.15, 0.2) is 56.0 Å². The summed E-state index contributed by atoms with van der Waals surface area (Å²) < 4.78 is 5.78. The molecule has 3 aromatic rings. The van der Waals surface area contributed by atoms with Crippen molar-refractivity contribution in [3.63, 3.8) is 0 Å². The lowest BCUT2D eigenvalue weighted by atomic mass is 10.3. The molecule has 0 spiro atoms. The van der Waals surface area contributed by atoms with Crippen LogP contribution in [0.2, 0.25) is 0 Å². The first kappa shape index (κ1) is 20.0. The number of aromatic nitrogens is 2. The van der Waals surface area contributed by atoms with Crippen LogP contribution in [0.25, 0.3) is 17.1 Å². The fourth-order valence-corrected chi connectivity index (χ4v) is 5.09. The monoisotopic (exact) mass is 454 g/mol. The van der Waals surface area contributed by atoms with Gasteiger partial charge in [-0.25, -0.2) is 4.98 Å². The second kappa shape index (κ2) is 8.27. The van der Waals surface area contributed by atoms with Crippen LogP contribution >= 0.6 is 23.5 Å². The molecule has 2 aliphatic rings. The molecule has 8 nitrogen and oxygen atoms in total. The van der Waals surface area contributed by atoms with Crippen LogP contribution in [0.3, 0.4) is 0 Å². The van der Waals surface area contributed by atoms with E-state index < -0.39 is 11.1 Å². The number of imidazole rings is 1. The van der Waals surface area contributed by atoms with Crippen molar-refractivity contribution in [1.82, 2.24) is 19.8 Å². The van der Waals surface area contributed by atoms with Crippen LogP contribution in [0.4, 0.5) is 4.79 Å². The summed E-state index contributed by atoms with van der Waals surface area (Å²) in [6.45, 7) is 1.15. The summed E-state index contributed by atoms with van der Waals surface area (Å²) in [7, 11) is 0. The lowest BCUT2D eigenvalue weighted by Gasteiger charge is -2.18. The van der Waals surface area contributed by atoms with E-state index in [-0.39, 0.29) is 17.4 Å². The maximum absolute atomic E-state index is 12.7. The number of hydrogen-bond donors (Lipinski definition) is 1. The third kappa shape index (κ3) is 4.13. The van der Waals surface area contributed by atoms with Crippen LogP contribution in [-0.2, 0) is 9.59 Å². The van der Waals surface area contributed by atoms with Crippen molar-refractivity contribution >= 4 is 57.7 Å². The smallest absolute Gasteiger partial charge is 0.294 e. The zero-order valence-corrected chi connectivity index (χ0v) is 18.0. The molecule has 10 heteroatoms. The van der Waals surface area contributed by atoms with Gasteiger partial charge in [-0.1, -0.05) is 12.1 Å². The number of imide groups is 1. The van der Waals surface area contributed by atoms with E-state index >= 15 is 0 Å². The minimum Gasteiger partial charge on any atom is -0.450 e. The molecule has 2 aliphatic heterocycles. The van der Waals surface area contributed by atoms with Gasteiger partial charge >= 0.3 is 0 Å². The Balaban J connectivity index is 1.27. The number of likely N-dealkylation sites (tertiary alicyclic amines) is 1. The first-order valence-corrected chi connectivity index (χ1v) is 11.5. The number of aromatic amines is 1. The molecular formula is C21H18N4O4S2. The molecule has 0 atom stereocenters. The summed E-state index contributed by atoms with van der Waals surface area (Å²) in [5, 5.41) is 0.865. The number of rotatable bonds is 5. The van der Waals surface area contributed by atoms with E-state index in [9.17, 15) is 14.4 Å². The van der Waals surface area contributed by atoms with Gasteiger partial charge in [0.15, 0.2) is 10.2 Å². The largest absolute Gasteiger partial charge is 0.450 e. The molecule has 0 radical (unpaired) electrons. The van der Waals surface area contributed by atoms with Gasteiger partial charge in [0.1, 0.15) is 12.3 Å². The molecule has 2 aromatic heterocycles. The quantitative estimate of drug-likeness (QED) is 0.583. The van der Waals surface area contributed by atoms with E-state index in [4.69, 9.17) is 4.42 Å². The highest BCUT2D eigenvalue weighted by atomic mass is 32.2. The van der Waals surface area contributed by atoms with Crippen molar-refractivity contribution < 1.29 is 18.8 Å². The number of carbonyl (C=O) groups excluding carboxylic acids is 3. The van der Waals surface area contributed by atoms with E-state index in [0.717, 1.165) is 40.5 Å². The Kier molecular flexibility index (Phi) is 5.33. The van der Waals surface area contributed by atoms with Crippen molar-refractivity contribution in [3.05, 3.63) is 47.1 Å². The molecule has 2 saturated heterocycles. The Morgan fingerprint density at radius 2 is 2.00 bits per heavy atom. The van der Waals surface area contributed by atoms with Gasteiger partial charge in [-0.15, -0.1) is 0 Å². The Hall–Kier alpha value is -2.98. The first-order valence-electron chi connectivity index (χ1n) is 9.82. The average Bonchev–Trinajstić information content (AvgIpc) is 3.54. The zero-order valence-electron chi connectivity index (χ0n) is 16.4. The summed E-state index contributed by atoms with van der Waals surface area (Å²) in [5.41, 5.74) is 1.81. The second-order valence-corrected chi connectivity index (χ2v) is 9.16. The topological polar surface area (TPSA) is 99.5 Å². The Bertz CT molecular complexity index is 1180. The molecule has 2 fully saturated rings. The van der Waals surface area contributed by atoms with Gasteiger partial charge in [-0.05, 0) is 60.6 Å². The van der Waals surface area contributed by atoms with E-state index in [0.29, 0.717) is 29.1 Å². The molecule has 158 valence electrons. The molecule has 0 aliphatic carbocycles. The minimum absolute atomic E-state index is 0.191. The molecule has 5 rings (SSSR count). The van der Waals surface area contributed by atoms with Crippen LogP contribution < -0.4 is 0 Å². The number of furan rings is 1. The van der Waals surface area contributed by atoms with Crippen LogP contribution in [-0.4, -0.2) is 56.5 Å². The first-order chi connectivity index (χ1) is 15.1. The number of nitrogens with zero attached hydrogens (tertiary/aromatic N) is 3. The number of para-hydroxylation sites is 2. The number of amides is 3. The molecule has 0 unspecified atom stereocenters. The zero-order chi connectivity index (χ0) is 21.4. The van der Waals surface area contributed by atoms with Gasteiger partial charge in [0.25, 0.3) is 11.1 Å². The summed E-state index contributed by atoms with van der Waals surface area (Å²) in [4.78, 5) is 47.9. The summed E-state index contributed by atoms with van der Waals surface area (Å²) in [6.07, 6.45) is 3.45. The fraction of sp³-hybridized carbons (Fsp3) is 0.238. The minimum atomic E-state index is -0.467. The van der Waals surface area contributed by atoms with Gasteiger partial charge in [0.05, 0.1) is 15.9 Å². The van der Waals surface area contributed by atoms with Crippen molar-refractivity contribution in [2.75, 3.05) is 19.6 Å². The molecule has 0 saturated carbocycles. The highest BCUT2D eigenvalue weighted by molar-refractivity contribution is 8.18. The fourth-order valence-electron chi connectivity index (χ4n) is 3.51. The lowest BCUT2D eigenvalue weighted by Crippen LogP contribution is -2.40. The van der Waals surface area contributed by atoms with Gasteiger partial charge < -0.3 is 14.3 Å². The van der Waals surface area contributed by atoms with E-state index in [2.05, 4.69) is 9.97 Å². The molecule has 1 aromatic carbocycles. The van der Waals surface area contributed by atoms with Gasteiger partial charge in [0, 0.05) is 19.2 Å². The standard InChI is InChI=1S/C21H18N4O4S2/c26-17(24-9-3-4-10-24)12-25-19(27)16(30-21(25)28)11-13-7-8-18(29-13)31-20-22-14-5-1-2-6-15(14)23-20/h1-2,5-8,11H,3-4,9-10,12H2,(H,22,23). The number of nitrogens with one attached hydrogen (secondary N) is 1. The maximum Gasteiger partial charge on any atom is 0.294 e. The lowest BCUT2D eigenvalue weighted by molar-refractivity contribution is -0.135. The van der Waals surface area contributed by atoms with Gasteiger partial charge in [-0.2, -0.15) is 0 Å². The Morgan fingerprint density at radius 1 is 1.19 bits per heavy atom. The van der Waals surface area contributed by atoms with E-state index in [1.807, 2.05) is 24.3 Å². The third-order valence-corrected chi connectivity index (χ3v) is 6.78. The van der Waals surface area contributed by atoms with E-state index in [1.54, 1.807) is 17.0 Å². The summed E-state index contributed by atoms with van der Waals surface area (Å²) in [5.74, 6) is -0.205. The SMILES string of the molecule is O=C(CN1C(=O)SC(=Cc2ccc(Sc3nc4ccccc4[nH]3)o2)C1=O)N1CCCC1. The Labute approximate surface area is 186 Å². The predicted octanol–water partition coefficient (Wildman–Crippen LogP) is 3.97. The summed E-state index contributed by atoms with van der Waals surface area (Å²) >= 11 is 2.15. The third-order valence-electron chi connectivity index (χ3n) is 5.07. The number of fused-ring (bicyclic) bond motifs is 1. The number of H-pyrrole nitrogens is 1. The molecule has 3 amide bonds. The average molecular weight is 455 g/mol. The van der Waals surface area contributed by atoms with Crippen molar-refractivity contribution in [1.29, 1.82) is 0 Å². The van der Waals surface area contributed by atoms with Crippen LogP contribution in [0, 0.1) is 0 Å². The highest BCUT2D eigenvalue weighted by Crippen LogP contribution is 2.34. The maximum atomic E-state index is 12.7. The van der Waals surface area contributed by atoms with Gasteiger partial charge in [-0.3, -0.25) is 19.3 Å². The van der Waals surface area contributed by atoms with E-state index in [1.165, 1.54) is 17.8 Å². The molecular weight excluding hydrogens is 436 g/mol. The van der Waals surface area contributed by atoms with Crippen molar-refractivity contribution in [2.24, 2.45) is 0 Å². The van der Waals surface area contributed by atoms with Gasteiger partial charge in [0.2, 0.25) is 5.91 Å². The number of thioether (sulfide) groups is 1. The van der Waals surface area contributed by atoms with Crippen LogP contribution in [0.1, 0.15) is 18.6 Å². The predicted molar refractivity (Wildman–Crippen MR) is 117 cm³/mol. The molecule has 1 N–H and O–H groups in total. The van der Waals surface area contributed by atoms with Crippen molar-refractivity contribution in [2.45, 2.75) is 23.1 Å². The normalized spacial score (nSPS) is 18.1. The molecule has 0 bridgehead atoms. The summed E-state index contributed by atoms with van der Waals surface area (Å²) in [6, 6.07) is 11.2. The second-order valence-electron chi connectivity index (χ2n) is 7.17.